The topological polar surface area (TPSA) is 69.7 Å². The number of allylic oxidation sites excluding steroid dienone is 1. The second-order valence-electron chi connectivity index (χ2n) is 4.24. The Balaban J connectivity index is 2.39. The van der Waals surface area contributed by atoms with Gasteiger partial charge in [-0.3, -0.25) is 0 Å². The van der Waals surface area contributed by atoms with Gasteiger partial charge in [0.05, 0.1) is 7.11 Å². The van der Waals surface area contributed by atoms with Crippen LogP contribution in [-0.2, 0) is 21.3 Å². The van der Waals surface area contributed by atoms with Crippen molar-refractivity contribution in [3.63, 3.8) is 0 Å². The molecule has 0 unspecified atom stereocenters. The standard InChI is InChI=1S/C15H14O5S2/c1-3-6-11-7-4-5-8-12(11)20-22(17,18)13-9-10-21-14(13)15(16)19-2/h3-5,7-10H,1,6H2,2H3. The molecule has 2 aromatic rings. The lowest BCUT2D eigenvalue weighted by molar-refractivity contribution is 0.0602. The third-order valence-corrected chi connectivity index (χ3v) is 5.11. The van der Waals surface area contributed by atoms with Crippen molar-refractivity contribution < 1.29 is 22.1 Å². The van der Waals surface area contributed by atoms with E-state index in [1.807, 2.05) is 0 Å². The zero-order valence-corrected chi connectivity index (χ0v) is 13.4. The Labute approximate surface area is 132 Å². The van der Waals surface area contributed by atoms with Crippen molar-refractivity contribution in [3.05, 3.63) is 58.8 Å². The summed E-state index contributed by atoms with van der Waals surface area (Å²) in [4.78, 5) is 11.4. The number of benzene rings is 1. The van der Waals surface area contributed by atoms with Gasteiger partial charge in [0.25, 0.3) is 0 Å². The summed E-state index contributed by atoms with van der Waals surface area (Å²) in [6.07, 6.45) is 2.12. The molecule has 0 aliphatic rings. The average molecular weight is 338 g/mol. The van der Waals surface area contributed by atoms with E-state index in [4.69, 9.17) is 4.18 Å². The molecular weight excluding hydrogens is 324 g/mol. The maximum Gasteiger partial charge on any atom is 0.349 e. The molecule has 5 nitrogen and oxygen atoms in total. The van der Waals surface area contributed by atoms with Gasteiger partial charge in [-0.2, -0.15) is 8.42 Å². The predicted molar refractivity (Wildman–Crippen MR) is 83.8 cm³/mol. The molecule has 0 bridgehead atoms. The molecule has 0 saturated carbocycles. The monoisotopic (exact) mass is 338 g/mol. The predicted octanol–water partition coefficient (Wildman–Crippen LogP) is 3.03. The number of hydrogen-bond acceptors (Lipinski definition) is 6. The molecule has 2 rings (SSSR count). The summed E-state index contributed by atoms with van der Waals surface area (Å²) in [5.41, 5.74) is 0.691. The van der Waals surface area contributed by atoms with Gasteiger partial charge in [0.15, 0.2) is 0 Å². The van der Waals surface area contributed by atoms with Crippen molar-refractivity contribution in [2.75, 3.05) is 7.11 Å². The van der Waals surface area contributed by atoms with Crippen LogP contribution in [0.25, 0.3) is 0 Å². The van der Waals surface area contributed by atoms with Crippen molar-refractivity contribution >= 4 is 27.4 Å². The molecular formula is C15H14O5S2. The first kappa shape index (κ1) is 16.3. The highest BCUT2D eigenvalue weighted by molar-refractivity contribution is 7.87. The normalized spacial score (nSPS) is 11.0. The quantitative estimate of drug-likeness (QED) is 0.460. The number of methoxy groups -OCH3 is 1. The number of ether oxygens (including phenoxy) is 1. The molecule has 1 aromatic carbocycles. The number of carbonyl (C=O) groups excluding carboxylic acids is 1. The highest BCUT2D eigenvalue weighted by Crippen LogP contribution is 2.28. The zero-order chi connectivity index (χ0) is 16.2. The van der Waals surface area contributed by atoms with Crippen molar-refractivity contribution in [2.24, 2.45) is 0 Å². The van der Waals surface area contributed by atoms with E-state index in [9.17, 15) is 13.2 Å². The molecule has 0 spiro atoms. The SMILES string of the molecule is C=CCc1ccccc1OS(=O)(=O)c1ccsc1C(=O)OC. The van der Waals surface area contributed by atoms with Gasteiger partial charge in [0.2, 0.25) is 0 Å². The lowest BCUT2D eigenvalue weighted by Crippen LogP contribution is -2.14. The summed E-state index contributed by atoms with van der Waals surface area (Å²) in [5, 5.41) is 1.50. The van der Waals surface area contributed by atoms with Crippen molar-refractivity contribution in [1.82, 2.24) is 0 Å². The van der Waals surface area contributed by atoms with Crippen LogP contribution >= 0.6 is 11.3 Å². The van der Waals surface area contributed by atoms with Gasteiger partial charge in [0.1, 0.15) is 15.5 Å². The van der Waals surface area contributed by atoms with E-state index in [0.717, 1.165) is 11.3 Å². The Bertz CT molecular complexity index is 790. The molecule has 0 atom stereocenters. The molecule has 116 valence electrons. The molecule has 22 heavy (non-hydrogen) atoms. The largest absolute Gasteiger partial charge is 0.465 e. The molecule has 0 aliphatic heterocycles. The Kier molecular flexibility index (Phi) is 4.99. The van der Waals surface area contributed by atoms with Crippen LogP contribution < -0.4 is 4.18 Å². The van der Waals surface area contributed by atoms with E-state index in [1.54, 1.807) is 30.3 Å². The Hall–Kier alpha value is -2.12. The smallest absolute Gasteiger partial charge is 0.349 e. The average Bonchev–Trinajstić information content (AvgIpc) is 2.99. The minimum atomic E-state index is -4.12. The van der Waals surface area contributed by atoms with Crippen molar-refractivity contribution in [1.29, 1.82) is 0 Å². The number of thiophene rings is 1. The molecule has 1 aromatic heterocycles. The van der Waals surface area contributed by atoms with Crippen LogP contribution in [0, 0.1) is 0 Å². The van der Waals surface area contributed by atoms with Gasteiger partial charge in [-0.1, -0.05) is 24.3 Å². The van der Waals surface area contributed by atoms with E-state index in [-0.39, 0.29) is 15.5 Å². The summed E-state index contributed by atoms with van der Waals surface area (Å²) in [7, 11) is -2.93. The van der Waals surface area contributed by atoms with E-state index < -0.39 is 16.1 Å². The first-order valence-corrected chi connectivity index (χ1v) is 8.57. The number of para-hydroxylation sites is 1. The second-order valence-corrected chi connectivity index (χ2v) is 6.67. The van der Waals surface area contributed by atoms with Gasteiger partial charge in [0, 0.05) is 0 Å². The van der Waals surface area contributed by atoms with Gasteiger partial charge >= 0.3 is 16.1 Å². The Morgan fingerprint density at radius 2 is 2.05 bits per heavy atom. The third kappa shape index (κ3) is 3.37. The van der Waals surface area contributed by atoms with Crippen molar-refractivity contribution in [2.45, 2.75) is 11.3 Å². The van der Waals surface area contributed by atoms with Gasteiger partial charge < -0.3 is 8.92 Å². The highest BCUT2D eigenvalue weighted by atomic mass is 32.2. The number of carbonyl (C=O) groups is 1. The fourth-order valence-corrected chi connectivity index (χ4v) is 4.08. The van der Waals surface area contributed by atoms with Crippen LogP contribution in [0.1, 0.15) is 15.2 Å². The van der Waals surface area contributed by atoms with E-state index in [0.29, 0.717) is 12.0 Å². The lowest BCUT2D eigenvalue weighted by atomic mass is 10.1. The fourth-order valence-electron chi connectivity index (χ4n) is 1.81. The van der Waals surface area contributed by atoms with E-state index >= 15 is 0 Å². The van der Waals surface area contributed by atoms with Crippen LogP contribution in [0.15, 0.2) is 53.3 Å². The summed E-state index contributed by atoms with van der Waals surface area (Å²) >= 11 is 0.984. The number of rotatable bonds is 6. The lowest BCUT2D eigenvalue weighted by Gasteiger charge is -2.10. The number of hydrogen-bond donors (Lipinski definition) is 0. The first-order valence-electron chi connectivity index (χ1n) is 6.28. The molecule has 1 heterocycles. The summed E-state index contributed by atoms with van der Waals surface area (Å²) in [6.45, 7) is 3.63. The second kappa shape index (κ2) is 6.76. The molecule has 0 amide bonds. The molecule has 0 radical (unpaired) electrons. The maximum atomic E-state index is 12.4. The van der Waals surface area contributed by atoms with E-state index in [1.165, 1.54) is 18.6 Å². The van der Waals surface area contributed by atoms with Gasteiger partial charge in [-0.25, -0.2) is 4.79 Å². The number of esters is 1. The minimum absolute atomic E-state index is 0.0105. The maximum absolute atomic E-state index is 12.4. The summed E-state index contributed by atoms with van der Waals surface area (Å²) < 4.78 is 34.6. The van der Waals surface area contributed by atoms with Gasteiger partial charge in [-0.15, -0.1) is 17.9 Å². The fraction of sp³-hybridized carbons (Fsp3) is 0.133. The molecule has 0 aliphatic carbocycles. The Morgan fingerprint density at radius 1 is 1.32 bits per heavy atom. The summed E-state index contributed by atoms with van der Waals surface area (Å²) in [6, 6.07) is 8.08. The highest BCUT2D eigenvalue weighted by Gasteiger charge is 2.27. The summed E-state index contributed by atoms with van der Waals surface area (Å²) in [5.74, 6) is -0.499. The molecule has 7 heteroatoms. The first-order chi connectivity index (χ1) is 10.5. The molecule has 0 fully saturated rings. The van der Waals surface area contributed by atoms with Crippen LogP contribution in [0.3, 0.4) is 0 Å². The molecule has 0 saturated heterocycles. The van der Waals surface area contributed by atoms with Crippen LogP contribution in [0.2, 0.25) is 0 Å². The third-order valence-electron chi connectivity index (χ3n) is 2.81. The van der Waals surface area contributed by atoms with Crippen LogP contribution in [-0.4, -0.2) is 21.5 Å². The zero-order valence-electron chi connectivity index (χ0n) is 11.8. The van der Waals surface area contributed by atoms with E-state index in [2.05, 4.69) is 11.3 Å². The minimum Gasteiger partial charge on any atom is -0.465 e. The van der Waals surface area contributed by atoms with Gasteiger partial charge in [-0.05, 0) is 29.5 Å². The van der Waals surface area contributed by atoms with Crippen LogP contribution in [0.4, 0.5) is 0 Å². The molecule has 0 N–H and O–H groups in total. The van der Waals surface area contributed by atoms with Crippen LogP contribution in [0.5, 0.6) is 5.75 Å². The van der Waals surface area contributed by atoms with Crippen molar-refractivity contribution in [3.8, 4) is 5.75 Å². The Morgan fingerprint density at radius 3 is 2.73 bits per heavy atom.